The summed E-state index contributed by atoms with van der Waals surface area (Å²) in [6.07, 6.45) is 1.10. The van der Waals surface area contributed by atoms with Crippen LogP contribution in [0.4, 0.5) is 5.69 Å². The Morgan fingerprint density at radius 3 is 2.28 bits per heavy atom. The van der Waals surface area contributed by atoms with Crippen LogP contribution in [0.25, 0.3) is 0 Å². The second-order valence-electron chi connectivity index (χ2n) is 7.77. The lowest BCUT2D eigenvalue weighted by molar-refractivity contribution is 0.0947. The van der Waals surface area contributed by atoms with Crippen molar-refractivity contribution in [2.45, 2.75) is 26.2 Å². The highest BCUT2D eigenvalue weighted by atomic mass is 35.5. The lowest BCUT2D eigenvalue weighted by Crippen LogP contribution is -2.28. The van der Waals surface area contributed by atoms with E-state index in [0.29, 0.717) is 18.8 Å². The van der Waals surface area contributed by atoms with Gasteiger partial charge in [-0.25, -0.2) is 8.42 Å². The molecule has 0 saturated carbocycles. The zero-order valence-corrected chi connectivity index (χ0v) is 18.9. The van der Waals surface area contributed by atoms with Gasteiger partial charge in [-0.2, -0.15) is 0 Å². The minimum atomic E-state index is -3.40. The number of rotatable bonds is 7. The smallest absolute Gasteiger partial charge is 0.252 e. The van der Waals surface area contributed by atoms with E-state index < -0.39 is 10.0 Å². The van der Waals surface area contributed by atoms with Crippen LogP contribution in [0.1, 0.15) is 36.7 Å². The van der Waals surface area contributed by atoms with Gasteiger partial charge in [0.1, 0.15) is 12.4 Å². The van der Waals surface area contributed by atoms with Gasteiger partial charge in [0.15, 0.2) is 0 Å². The first kappa shape index (κ1) is 23.0. The highest BCUT2D eigenvalue weighted by Gasteiger charge is 2.16. The molecule has 0 heterocycles. The van der Waals surface area contributed by atoms with Gasteiger partial charge in [-0.1, -0.05) is 44.5 Å². The molecule has 158 valence electrons. The Kier molecular flexibility index (Phi) is 7.19. The third kappa shape index (κ3) is 6.37. The second kappa shape index (κ2) is 9.05. The molecule has 0 saturated heterocycles. The molecule has 0 spiro atoms. The average molecular weight is 439 g/mol. The molecular formula is C21H27ClN2O4S. The lowest BCUT2D eigenvalue weighted by atomic mass is 9.87. The van der Waals surface area contributed by atoms with Crippen LogP contribution in [-0.2, 0) is 15.4 Å². The van der Waals surface area contributed by atoms with Crippen LogP contribution in [0.3, 0.4) is 0 Å². The Bertz CT molecular complexity index is 967. The molecule has 0 radical (unpaired) electrons. The van der Waals surface area contributed by atoms with Crippen molar-refractivity contribution in [2.75, 3.05) is 30.8 Å². The first-order valence-corrected chi connectivity index (χ1v) is 11.4. The van der Waals surface area contributed by atoms with E-state index in [-0.39, 0.29) is 21.9 Å². The fraction of sp³-hybridized carbons (Fsp3) is 0.381. The van der Waals surface area contributed by atoms with E-state index in [9.17, 15) is 13.2 Å². The van der Waals surface area contributed by atoms with Crippen molar-refractivity contribution in [3.63, 3.8) is 0 Å². The summed E-state index contributed by atoms with van der Waals surface area (Å²) in [5.41, 5.74) is 1.96. The van der Waals surface area contributed by atoms with Crippen LogP contribution < -0.4 is 14.4 Å². The van der Waals surface area contributed by atoms with Crippen LogP contribution in [0.2, 0.25) is 5.02 Å². The molecule has 6 nitrogen and oxygen atoms in total. The largest absolute Gasteiger partial charge is 0.492 e. The molecule has 0 unspecified atom stereocenters. The summed E-state index contributed by atoms with van der Waals surface area (Å²) in [5, 5.41) is 2.92. The van der Waals surface area contributed by atoms with Gasteiger partial charge >= 0.3 is 0 Å². The summed E-state index contributed by atoms with van der Waals surface area (Å²) in [6, 6.07) is 12.4. The molecule has 0 aliphatic carbocycles. The fourth-order valence-electron chi connectivity index (χ4n) is 2.56. The molecule has 1 N–H and O–H groups in total. The molecule has 2 aromatic rings. The summed E-state index contributed by atoms with van der Waals surface area (Å²) < 4.78 is 30.0. The number of sulfonamides is 1. The van der Waals surface area contributed by atoms with E-state index in [1.54, 1.807) is 0 Å². The number of nitrogens with zero attached hydrogens (tertiary/aromatic N) is 1. The standard InChI is InChI=1S/C21H27ClN2O4S/c1-21(2,3)15-6-9-17(10-7-15)28-13-12-23-20(25)18-11-8-16(14-19(18)22)24(4)29(5,26)27/h6-11,14H,12-13H2,1-5H3,(H,23,25). The first-order chi connectivity index (χ1) is 13.4. The van der Waals surface area contributed by atoms with E-state index in [4.69, 9.17) is 16.3 Å². The predicted molar refractivity (Wildman–Crippen MR) is 118 cm³/mol. The second-order valence-corrected chi connectivity index (χ2v) is 10.2. The maximum atomic E-state index is 12.3. The van der Waals surface area contributed by atoms with Gasteiger partial charge in [0, 0.05) is 7.05 Å². The van der Waals surface area contributed by atoms with Gasteiger partial charge in [-0.05, 0) is 41.3 Å². The van der Waals surface area contributed by atoms with Crippen molar-refractivity contribution in [3.8, 4) is 5.75 Å². The number of hydrogen-bond acceptors (Lipinski definition) is 4. The van der Waals surface area contributed by atoms with Gasteiger partial charge in [0.05, 0.1) is 29.1 Å². The van der Waals surface area contributed by atoms with Crippen LogP contribution in [0.15, 0.2) is 42.5 Å². The van der Waals surface area contributed by atoms with Gasteiger partial charge in [0.25, 0.3) is 5.91 Å². The highest BCUT2D eigenvalue weighted by molar-refractivity contribution is 7.92. The number of nitrogens with one attached hydrogen (secondary N) is 1. The Balaban J connectivity index is 1.89. The van der Waals surface area contributed by atoms with Gasteiger partial charge < -0.3 is 10.1 Å². The average Bonchev–Trinajstić information content (AvgIpc) is 2.63. The van der Waals surface area contributed by atoms with Crippen molar-refractivity contribution in [3.05, 3.63) is 58.6 Å². The minimum absolute atomic E-state index is 0.0808. The van der Waals surface area contributed by atoms with Crippen LogP contribution in [0.5, 0.6) is 5.75 Å². The zero-order chi connectivity index (χ0) is 21.8. The third-order valence-electron chi connectivity index (χ3n) is 4.44. The van der Waals surface area contributed by atoms with Gasteiger partial charge in [-0.15, -0.1) is 0 Å². The number of benzene rings is 2. The molecule has 2 aromatic carbocycles. The SMILES string of the molecule is CN(c1ccc(C(=O)NCCOc2ccc(C(C)(C)C)cc2)c(Cl)c1)S(C)(=O)=O. The van der Waals surface area contributed by atoms with Crippen LogP contribution in [-0.4, -0.2) is 40.8 Å². The topological polar surface area (TPSA) is 75.7 Å². The Morgan fingerprint density at radius 2 is 1.76 bits per heavy atom. The van der Waals surface area contributed by atoms with Crippen molar-refractivity contribution < 1.29 is 17.9 Å². The molecule has 1 amide bonds. The molecule has 2 rings (SSSR count). The Labute approximate surface area is 177 Å². The van der Waals surface area contributed by atoms with E-state index in [1.807, 2.05) is 24.3 Å². The van der Waals surface area contributed by atoms with E-state index in [0.717, 1.165) is 16.3 Å². The summed E-state index contributed by atoms with van der Waals surface area (Å²) in [4.78, 5) is 12.3. The quantitative estimate of drug-likeness (QED) is 0.666. The fourth-order valence-corrected chi connectivity index (χ4v) is 3.31. The summed E-state index contributed by atoms with van der Waals surface area (Å²) in [5.74, 6) is 0.383. The van der Waals surface area contributed by atoms with Crippen LogP contribution in [0, 0.1) is 0 Å². The maximum absolute atomic E-state index is 12.3. The molecule has 0 atom stereocenters. The number of ether oxygens (including phenoxy) is 1. The first-order valence-electron chi connectivity index (χ1n) is 9.14. The van der Waals surface area contributed by atoms with Gasteiger partial charge in [-0.3, -0.25) is 9.10 Å². The van der Waals surface area contributed by atoms with Crippen molar-refractivity contribution in [1.82, 2.24) is 5.32 Å². The number of amides is 1. The summed E-state index contributed by atoms with van der Waals surface area (Å²) >= 11 is 6.17. The monoisotopic (exact) mass is 438 g/mol. The zero-order valence-electron chi connectivity index (χ0n) is 17.3. The maximum Gasteiger partial charge on any atom is 0.252 e. The molecule has 8 heteroatoms. The van der Waals surface area contributed by atoms with Crippen molar-refractivity contribution in [1.29, 1.82) is 0 Å². The van der Waals surface area contributed by atoms with E-state index in [1.165, 1.54) is 30.8 Å². The summed E-state index contributed by atoms with van der Waals surface area (Å²) in [7, 11) is -1.98. The number of hydrogen-bond donors (Lipinski definition) is 1. The molecule has 0 aliphatic rings. The minimum Gasteiger partial charge on any atom is -0.492 e. The number of halogens is 1. The number of carbonyl (C=O) groups excluding carboxylic acids is 1. The summed E-state index contributed by atoms with van der Waals surface area (Å²) in [6.45, 7) is 7.06. The van der Waals surface area contributed by atoms with E-state index in [2.05, 4.69) is 26.1 Å². The van der Waals surface area contributed by atoms with Crippen molar-refractivity contribution in [2.24, 2.45) is 0 Å². The number of carbonyl (C=O) groups is 1. The molecule has 29 heavy (non-hydrogen) atoms. The molecule has 0 bridgehead atoms. The van der Waals surface area contributed by atoms with E-state index >= 15 is 0 Å². The van der Waals surface area contributed by atoms with Crippen LogP contribution >= 0.6 is 11.6 Å². The highest BCUT2D eigenvalue weighted by Crippen LogP contribution is 2.25. The predicted octanol–water partition coefficient (Wildman–Crippen LogP) is 3.84. The third-order valence-corrected chi connectivity index (χ3v) is 5.95. The molecular weight excluding hydrogens is 412 g/mol. The Morgan fingerprint density at radius 1 is 1.14 bits per heavy atom. The number of anilines is 1. The molecule has 0 fully saturated rings. The molecule has 0 aliphatic heterocycles. The normalized spacial score (nSPS) is 11.8. The molecule has 0 aromatic heterocycles. The van der Waals surface area contributed by atoms with Gasteiger partial charge in [0.2, 0.25) is 10.0 Å². The van der Waals surface area contributed by atoms with Crippen molar-refractivity contribution >= 4 is 33.2 Å². The Hall–Kier alpha value is -2.25. The lowest BCUT2D eigenvalue weighted by Gasteiger charge is -2.19.